The molecule has 0 aliphatic heterocycles. The highest BCUT2D eigenvalue weighted by Gasteiger charge is 2.55. The number of methoxy groups -OCH3 is 1. The molecule has 0 amide bonds. The molecule has 1 aromatic heterocycles. The lowest BCUT2D eigenvalue weighted by atomic mass is 9.47. The number of nitrogens with zero attached hydrogens (tertiary/aromatic N) is 2. The van der Waals surface area contributed by atoms with E-state index in [0.717, 1.165) is 23.5 Å². The second-order valence-electron chi connectivity index (χ2n) is 7.72. The van der Waals surface area contributed by atoms with Crippen LogP contribution in [0.15, 0.2) is 6.20 Å². The van der Waals surface area contributed by atoms with Crippen LogP contribution in [0.2, 0.25) is 0 Å². The van der Waals surface area contributed by atoms with Gasteiger partial charge in [-0.15, -0.1) is 0 Å². The summed E-state index contributed by atoms with van der Waals surface area (Å²) < 4.78 is 7.60. The Labute approximate surface area is 127 Å². The number of rotatable bonds is 4. The molecule has 4 nitrogen and oxygen atoms in total. The van der Waals surface area contributed by atoms with Gasteiger partial charge in [-0.1, -0.05) is 0 Å². The van der Waals surface area contributed by atoms with Crippen LogP contribution < -0.4 is 10.1 Å². The van der Waals surface area contributed by atoms with Crippen molar-refractivity contribution in [1.82, 2.24) is 15.1 Å². The van der Waals surface area contributed by atoms with Crippen molar-refractivity contribution in [2.45, 2.75) is 44.6 Å². The van der Waals surface area contributed by atoms with Gasteiger partial charge >= 0.3 is 0 Å². The maximum absolute atomic E-state index is 5.59. The monoisotopic (exact) mass is 289 g/mol. The van der Waals surface area contributed by atoms with Crippen LogP contribution in [0.4, 0.5) is 0 Å². The first-order chi connectivity index (χ1) is 10.1. The molecular formula is C17H27N3O. The van der Waals surface area contributed by atoms with Crippen LogP contribution in [0.1, 0.15) is 50.3 Å². The maximum Gasteiger partial charge on any atom is 0.161 e. The largest absolute Gasteiger partial charge is 0.493 e. The van der Waals surface area contributed by atoms with E-state index in [0.29, 0.717) is 11.5 Å². The zero-order valence-corrected chi connectivity index (χ0v) is 13.4. The predicted octanol–water partition coefficient (Wildman–Crippen LogP) is 2.91. The highest BCUT2D eigenvalue weighted by Crippen LogP contribution is 2.64. The summed E-state index contributed by atoms with van der Waals surface area (Å²) in [5, 5.41) is 8.07. The third-order valence-electron chi connectivity index (χ3n) is 6.43. The van der Waals surface area contributed by atoms with Gasteiger partial charge in [-0.05, 0) is 68.7 Å². The van der Waals surface area contributed by atoms with Crippen molar-refractivity contribution in [1.29, 1.82) is 0 Å². The second-order valence-corrected chi connectivity index (χ2v) is 7.72. The van der Waals surface area contributed by atoms with E-state index in [1.807, 2.05) is 17.9 Å². The maximum atomic E-state index is 5.59. The fraction of sp³-hybridized carbons (Fsp3) is 0.824. The molecule has 1 aromatic rings. The lowest BCUT2D eigenvalue weighted by Crippen LogP contribution is -2.51. The first-order valence-corrected chi connectivity index (χ1v) is 8.38. The van der Waals surface area contributed by atoms with Gasteiger partial charge in [-0.3, -0.25) is 4.68 Å². The van der Waals surface area contributed by atoms with E-state index in [1.54, 1.807) is 7.11 Å². The molecule has 21 heavy (non-hydrogen) atoms. The van der Waals surface area contributed by atoms with E-state index in [4.69, 9.17) is 4.74 Å². The van der Waals surface area contributed by atoms with Gasteiger partial charge in [0.2, 0.25) is 0 Å². The molecule has 0 spiro atoms. The van der Waals surface area contributed by atoms with Gasteiger partial charge < -0.3 is 10.1 Å². The molecule has 0 aromatic carbocycles. The zero-order chi connectivity index (χ0) is 14.6. The Morgan fingerprint density at radius 2 is 1.81 bits per heavy atom. The minimum absolute atomic E-state index is 0.369. The highest BCUT2D eigenvalue weighted by molar-refractivity contribution is 5.31. The van der Waals surface area contributed by atoms with Gasteiger partial charge in [-0.2, -0.15) is 5.10 Å². The Hall–Kier alpha value is -1.03. The Bertz CT molecular complexity index is 501. The Balaban J connectivity index is 1.74. The summed E-state index contributed by atoms with van der Waals surface area (Å²) in [6.45, 7) is 0. The highest BCUT2D eigenvalue weighted by atomic mass is 16.5. The van der Waals surface area contributed by atoms with Crippen LogP contribution in [0, 0.1) is 23.2 Å². The van der Waals surface area contributed by atoms with E-state index >= 15 is 0 Å². The molecule has 0 radical (unpaired) electrons. The minimum atomic E-state index is 0.369. The molecule has 4 aliphatic rings. The van der Waals surface area contributed by atoms with Gasteiger partial charge in [0.25, 0.3) is 0 Å². The smallest absolute Gasteiger partial charge is 0.161 e. The van der Waals surface area contributed by atoms with E-state index in [1.165, 1.54) is 44.2 Å². The molecule has 4 fully saturated rings. The third-order valence-corrected chi connectivity index (χ3v) is 6.43. The number of aryl methyl sites for hydroxylation is 1. The molecule has 4 bridgehead atoms. The normalized spacial score (nSPS) is 38.7. The third kappa shape index (κ3) is 1.95. The van der Waals surface area contributed by atoms with Crippen LogP contribution in [-0.2, 0) is 7.05 Å². The standard InChI is InChI=1S/C17H27N3O/c1-18-16(15-14(21-3)10-19-20(15)2)17-7-11-4-12(8-17)6-13(5-11)9-17/h10-13,16,18H,4-9H2,1-3H3. The molecule has 4 saturated carbocycles. The van der Waals surface area contributed by atoms with Crippen molar-refractivity contribution in [2.75, 3.05) is 14.2 Å². The van der Waals surface area contributed by atoms with E-state index < -0.39 is 0 Å². The van der Waals surface area contributed by atoms with Crippen molar-refractivity contribution >= 4 is 0 Å². The van der Waals surface area contributed by atoms with Crippen molar-refractivity contribution in [2.24, 2.45) is 30.2 Å². The number of ether oxygens (including phenoxy) is 1. The summed E-state index contributed by atoms with van der Waals surface area (Å²) in [6.07, 6.45) is 10.5. The fourth-order valence-electron chi connectivity index (χ4n) is 6.18. The molecule has 4 aliphatic carbocycles. The average Bonchev–Trinajstić information content (AvgIpc) is 2.79. The van der Waals surface area contributed by atoms with Gasteiger partial charge in [0.1, 0.15) is 0 Å². The summed E-state index contributed by atoms with van der Waals surface area (Å²) in [5.41, 5.74) is 1.66. The summed E-state index contributed by atoms with van der Waals surface area (Å²) in [5.74, 6) is 3.83. The van der Waals surface area contributed by atoms with Crippen molar-refractivity contribution in [3.05, 3.63) is 11.9 Å². The number of hydrogen-bond acceptors (Lipinski definition) is 3. The van der Waals surface area contributed by atoms with E-state index in [-0.39, 0.29) is 0 Å². The second kappa shape index (κ2) is 4.73. The molecular weight excluding hydrogens is 262 g/mol. The van der Waals surface area contributed by atoms with Gasteiger partial charge in [-0.25, -0.2) is 0 Å². The predicted molar refractivity (Wildman–Crippen MR) is 82.2 cm³/mol. The van der Waals surface area contributed by atoms with Crippen molar-refractivity contribution < 1.29 is 4.74 Å². The average molecular weight is 289 g/mol. The first-order valence-electron chi connectivity index (χ1n) is 8.38. The van der Waals surface area contributed by atoms with Gasteiger partial charge in [0, 0.05) is 7.05 Å². The number of hydrogen-bond donors (Lipinski definition) is 1. The molecule has 1 N–H and O–H groups in total. The number of aromatic nitrogens is 2. The SMILES string of the molecule is CNC(c1c(OC)cnn1C)C12CC3CC(CC(C3)C1)C2. The Morgan fingerprint density at radius 1 is 1.24 bits per heavy atom. The van der Waals surface area contributed by atoms with Crippen LogP contribution >= 0.6 is 0 Å². The Kier molecular flexibility index (Phi) is 3.07. The van der Waals surface area contributed by atoms with E-state index in [9.17, 15) is 0 Å². The van der Waals surface area contributed by atoms with Gasteiger partial charge in [0.05, 0.1) is 25.0 Å². The molecule has 0 saturated heterocycles. The van der Waals surface area contributed by atoms with Crippen molar-refractivity contribution in [3.8, 4) is 5.75 Å². The lowest BCUT2D eigenvalue weighted by molar-refractivity contribution is -0.0752. The molecule has 1 atom stereocenters. The van der Waals surface area contributed by atoms with Crippen LogP contribution in [0.25, 0.3) is 0 Å². The van der Waals surface area contributed by atoms with Crippen LogP contribution in [0.5, 0.6) is 5.75 Å². The van der Waals surface area contributed by atoms with Crippen LogP contribution in [0.3, 0.4) is 0 Å². The molecule has 1 heterocycles. The van der Waals surface area contributed by atoms with Gasteiger partial charge in [0.15, 0.2) is 5.75 Å². The summed E-state index contributed by atoms with van der Waals surface area (Å²) in [4.78, 5) is 0. The molecule has 5 rings (SSSR count). The summed E-state index contributed by atoms with van der Waals surface area (Å²) >= 11 is 0. The lowest BCUT2D eigenvalue weighted by Gasteiger charge is -2.59. The topological polar surface area (TPSA) is 39.1 Å². The quantitative estimate of drug-likeness (QED) is 0.926. The molecule has 4 heteroatoms. The number of nitrogens with one attached hydrogen (secondary N) is 1. The zero-order valence-electron chi connectivity index (χ0n) is 13.4. The Morgan fingerprint density at radius 3 is 2.29 bits per heavy atom. The summed E-state index contributed by atoms with van der Waals surface area (Å²) in [6, 6.07) is 0.369. The van der Waals surface area contributed by atoms with E-state index in [2.05, 4.69) is 17.5 Å². The van der Waals surface area contributed by atoms with Crippen molar-refractivity contribution in [3.63, 3.8) is 0 Å². The van der Waals surface area contributed by atoms with Crippen LogP contribution in [-0.4, -0.2) is 23.9 Å². The first kappa shape index (κ1) is 13.6. The molecule has 1 unspecified atom stereocenters. The fourth-order valence-corrected chi connectivity index (χ4v) is 6.18. The minimum Gasteiger partial charge on any atom is -0.493 e. The summed E-state index contributed by atoms with van der Waals surface area (Å²) in [7, 11) is 5.91. The molecule has 116 valence electrons.